The molecule has 140 valence electrons. The van der Waals surface area contributed by atoms with Crippen LogP contribution < -0.4 is 5.32 Å². The standard InChI is InChI=1S/C18H23N3O4S/c22-18(19-13-5-2-1-3-6-13)15-11-16(17-7-4-9-25-17)21(20-15)14-8-10-26(23,24)12-14/h4,7,9,11,13-14H,1-3,5-6,8,10,12H2,(H,19,22). The Morgan fingerprint density at radius 1 is 1.23 bits per heavy atom. The highest BCUT2D eigenvalue weighted by molar-refractivity contribution is 7.91. The van der Waals surface area contributed by atoms with Gasteiger partial charge in [0.1, 0.15) is 5.69 Å². The molecule has 4 rings (SSSR count). The fourth-order valence-corrected chi connectivity index (χ4v) is 5.56. The average molecular weight is 377 g/mol. The Balaban J connectivity index is 1.62. The summed E-state index contributed by atoms with van der Waals surface area (Å²) in [7, 11) is -3.05. The summed E-state index contributed by atoms with van der Waals surface area (Å²) in [5.41, 5.74) is 0.956. The number of nitrogens with zero attached hydrogens (tertiary/aromatic N) is 2. The van der Waals surface area contributed by atoms with E-state index < -0.39 is 9.84 Å². The molecule has 1 saturated carbocycles. The lowest BCUT2D eigenvalue weighted by molar-refractivity contribution is 0.0921. The molecule has 0 bridgehead atoms. The summed E-state index contributed by atoms with van der Waals surface area (Å²) in [6.07, 6.45) is 7.55. The Hall–Kier alpha value is -2.09. The Morgan fingerprint density at radius 2 is 2.04 bits per heavy atom. The molecule has 1 amide bonds. The largest absolute Gasteiger partial charge is 0.463 e. The van der Waals surface area contributed by atoms with Crippen molar-refractivity contribution in [2.24, 2.45) is 0 Å². The van der Waals surface area contributed by atoms with E-state index in [-0.39, 0.29) is 29.5 Å². The number of amides is 1. The van der Waals surface area contributed by atoms with E-state index in [1.54, 1.807) is 29.1 Å². The molecule has 2 fully saturated rings. The molecule has 7 nitrogen and oxygen atoms in total. The van der Waals surface area contributed by atoms with E-state index >= 15 is 0 Å². The second-order valence-electron chi connectivity index (χ2n) is 7.20. The molecule has 3 heterocycles. The number of hydrogen-bond acceptors (Lipinski definition) is 5. The van der Waals surface area contributed by atoms with Crippen LogP contribution in [0.4, 0.5) is 0 Å². The molecule has 2 aromatic rings. The second-order valence-corrected chi connectivity index (χ2v) is 9.43. The second kappa shape index (κ2) is 6.90. The minimum atomic E-state index is -3.05. The number of rotatable bonds is 4. The van der Waals surface area contributed by atoms with Gasteiger partial charge in [0.05, 0.1) is 23.8 Å². The molecule has 1 unspecified atom stereocenters. The molecule has 1 aliphatic carbocycles. The monoisotopic (exact) mass is 377 g/mol. The number of carbonyl (C=O) groups excluding carboxylic acids is 1. The van der Waals surface area contributed by atoms with Gasteiger partial charge in [-0.2, -0.15) is 5.10 Å². The predicted molar refractivity (Wildman–Crippen MR) is 96.6 cm³/mol. The molecule has 1 N–H and O–H groups in total. The van der Waals surface area contributed by atoms with Crippen molar-refractivity contribution < 1.29 is 17.6 Å². The lowest BCUT2D eigenvalue weighted by Crippen LogP contribution is -2.36. The van der Waals surface area contributed by atoms with Crippen LogP contribution in [0.3, 0.4) is 0 Å². The van der Waals surface area contributed by atoms with Crippen molar-refractivity contribution in [1.29, 1.82) is 0 Å². The van der Waals surface area contributed by atoms with Crippen LogP contribution in [-0.4, -0.2) is 41.7 Å². The van der Waals surface area contributed by atoms with E-state index in [2.05, 4.69) is 10.4 Å². The zero-order chi connectivity index (χ0) is 18.1. The maximum absolute atomic E-state index is 12.7. The predicted octanol–water partition coefficient (Wildman–Crippen LogP) is 2.57. The maximum Gasteiger partial charge on any atom is 0.272 e. The third kappa shape index (κ3) is 3.56. The van der Waals surface area contributed by atoms with Gasteiger partial charge in [0.2, 0.25) is 0 Å². The molecule has 0 radical (unpaired) electrons. The van der Waals surface area contributed by atoms with Crippen LogP contribution >= 0.6 is 0 Å². The lowest BCUT2D eigenvalue weighted by atomic mass is 9.95. The number of aromatic nitrogens is 2. The Morgan fingerprint density at radius 3 is 2.69 bits per heavy atom. The number of furan rings is 1. The molecular weight excluding hydrogens is 354 g/mol. The molecule has 26 heavy (non-hydrogen) atoms. The van der Waals surface area contributed by atoms with E-state index in [0.717, 1.165) is 25.7 Å². The first-order valence-electron chi connectivity index (χ1n) is 9.16. The summed E-state index contributed by atoms with van der Waals surface area (Å²) in [4.78, 5) is 12.7. The summed E-state index contributed by atoms with van der Waals surface area (Å²) >= 11 is 0. The van der Waals surface area contributed by atoms with Gasteiger partial charge in [-0.25, -0.2) is 8.42 Å². The molecule has 1 aliphatic heterocycles. The van der Waals surface area contributed by atoms with Crippen LogP contribution in [0, 0.1) is 0 Å². The van der Waals surface area contributed by atoms with Crippen molar-refractivity contribution in [2.45, 2.75) is 50.6 Å². The average Bonchev–Trinajstić information content (AvgIpc) is 3.33. The molecule has 1 saturated heterocycles. The molecule has 8 heteroatoms. The van der Waals surface area contributed by atoms with Crippen molar-refractivity contribution in [3.63, 3.8) is 0 Å². The van der Waals surface area contributed by atoms with Crippen LogP contribution in [-0.2, 0) is 9.84 Å². The minimum Gasteiger partial charge on any atom is -0.463 e. The van der Waals surface area contributed by atoms with Gasteiger partial charge in [-0.15, -0.1) is 0 Å². The molecular formula is C18H23N3O4S. The molecule has 2 aromatic heterocycles. The first-order valence-corrected chi connectivity index (χ1v) is 11.0. The van der Waals surface area contributed by atoms with E-state index in [4.69, 9.17) is 4.42 Å². The number of sulfone groups is 1. The smallest absolute Gasteiger partial charge is 0.272 e. The lowest BCUT2D eigenvalue weighted by Gasteiger charge is -2.22. The van der Waals surface area contributed by atoms with Gasteiger partial charge >= 0.3 is 0 Å². The van der Waals surface area contributed by atoms with E-state index in [1.807, 2.05) is 0 Å². The zero-order valence-electron chi connectivity index (χ0n) is 14.6. The summed E-state index contributed by atoms with van der Waals surface area (Å²) < 4.78 is 30.9. The van der Waals surface area contributed by atoms with Crippen molar-refractivity contribution in [3.8, 4) is 11.5 Å². The Labute approximate surface area is 152 Å². The summed E-state index contributed by atoms with van der Waals surface area (Å²) in [6, 6.07) is 5.18. The highest BCUT2D eigenvalue weighted by atomic mass is 32.2. The van der Waals surface area contributed by atoms with Gasteiger partial charge in [0.15, 0.2) is 21.3 Å². The van der Waals surface area contributed by atoms with Crippen molar-refractivity contribution in [2.75, 3.05) is 11.5 Å². The first kappa shape index (κ1) is 17.3. The Kier molecular flexibility index (Phi) is 4.60. The van der Waals surface area contributed by atoms with Crippen LogP contribution in [0.2, 0.25) is 0 Å². The minimum absolute atomic E-state index is 0.0477. The molecule has 1 atom stereocenters. The van der Waals surface area contributed by atoms with Gasteiger partial charge in [-0.05, 0) is 31.4 Å². The van der Waals surface area contributed by atoms with Gasteiger partial charge in [-0.1, -0.05) is 19.3 Å². The van der Waals surface area contributed by atoms with Crippen LogP contribution in [0.5, 0.6) is 0 Å². The first-order chi connectivity index (χ1) is 12.5. The van der Waals surface area contributed by atoms with E-state index in [9.17, 15) is 13.2 Å². The van der Waals surface area contributed by atoms with Gasteiger partial charge in [-0.3, -0.25) is 9.48 Å². The van der Waals surface area contributed by atoms with Gasteiger partial charge in [0, 0.05) is 12.1 Å². The third-order valence-corrected chi connectivity index (χ3v) is 6.99. The van der Waals surface area contributed by atoms with E-state index in [0.29, 0.717) is 23.6 Å². The van der Waals surface area contributed by atoms with Crippen LogP contribution in [0.15, 0.2) is 28.9 Å². The van der Waals surface area contributed by atoms with Crippen LogP contribution in [0.25, 0.3) is 11.5 Å². The zero-order valence-corrected chi connectivity index (χ0v) is 15.4. The Bertz CT molecular complexity index is 880. The molecule has 2 aliphatic rings. The fraction of sp³-hybridized carbons (Fsp3) is 0.556. The summed E-state index contributed by atoms with van der Waals surface area (Å²) in [5.74, 6) is 0.577. The van der Waals surface area contributed by atoms with Gasteiger partial charge in [0.25, 0.3) is 5.91 Å². The highest BCUT2D eigenvalue weighted by Gasteiger charge is 2.32. The maximum atomic E-state index is 12.7. The number of nitrogens with one attached hydrogen (secondary N) is 1. The SMILES string of the molecule is O=C(NC1CCCCC1)c1cc(-c2ccco2)n(C2CCS(=O)(=O)C2)n1. The van der Waals surface area contributed by atoms with E-state index in [1.165, 1.54) is 6.42 Å². The van der Waals surface area contributed by atoms with Crippen molar-refractivity contribution in [1.82, 2.24) is 15.1 Å². The number of carbonyl (C=O) groups is 1. The third-order valence-electron chi connectivity index (χ3n) is 5.24. The topological polar surface area (TPSA) is 94.2 Å². The highest BCUT2D eigenvalue weighted by Crippen LogP contribution is 2.30. The fourth-order valence-electron chi connectivity index (χ4n) is 3.87. The van der Waals surface area contributed by atoms with Crippen LogP contribution in [0.1, 0.15) is 55.1 Å². The van der Waals surface area contributed by atoms with Crippen molar-refractivity contribution >= 4 is 15.7 Å². The molecule has 0 spiro atoms. The normalized spacial score (nSPS) is 23.2. The summed E-state index contributed by atoms with van der Waals surface area (Å²) in [5, 5.41) is 7.52. The molecule has 0 aromatic carbocycles. The number of hydrogen-bond donors (Lipinski definition) is 1. The van der Waals surface area contributed by atoms with Gasteiger partial charge < -0.3 is 9.73 Å². The summed E-state index contributed by atoms with van der Waals surface area (Å²) in [6.45, 7) is 0. The van der Waals surface area contributed by atoms with Crippen molar-refractivity contribution in [3.05, 3.63) is 30.2 Å². The quantitative estimate of drug-likeness (QED) is 0.884.